The maximum atomic E-state index is 13.0. The normalized spacial score (nSPS) is 12.4. The summed E-state index contributed by atoms with van der Waals surface area (Å²) < 4.78 is 24.3. The molecular formula is C25H24O3S. The smallest absolute Gasteiger partial charge is 0.189 e. The zero-order chi connectivity index (χ0) is 20.5. The predicted molar refractivity (Wildman–Crippen MR) is 121 cm³/mol. The minimum absolute atomic E-state index is 0.379. The van der Waals surface area contributed by atoms with Gasteiger partial charge in [0.15, 0.2) is 11.1 Å². The second-order valence-electron chi connectivity index (χ2n) is 7.17. The van der Waals surface area contributed by atoms with Crippen LogP contribution < -0.4 is 4.74 Å². The predicted octanol–water partition coefficient (Wildman–Crippen LogP) is 6.34. The van der Waals surface area contributed by atoms with Crippen LogP contribution in [0.25, 0.3) is 32.7 Å². The summed E-state index contributed by atoms with van der Waals surface area (Å²) in [5.74, 6) is 0.754. The van der Waals surface area contributed by atoms with Gasteiger partial charge < -0.3 is 4.74 Å². The van der Waals surface area contributed by atoms with E-state index in [1.807, 2.05) is 25.1 Å². The lowest BCUT2D eigenvalue weighted by Gasteiger charge is -2.18. The van der Waals surface area contributed by atoms with Crippen LogP contribution in [0.2, 0.25) is 0 Å². The Kier molecular flexibility index (Phi) is 5.39. The molecule has 0 aliphatic heterocycles. The molecule has 0 saturated heterocycles. The number of fused-ring (bicyclic) bond motifs is 2. The first-order valence-electron chi connectivity index (χ1n) is 9.69. The van der Waals surface area contributed by atoms with Crippen molar-refractivity contribution in [2.24, 2.45) is 0 Å². The largest absolute Gasteiger partial charge is 0.496 e. The van der Waals surface area contributed by atoms with Crippen LogP contribution in [-0.4, -0.2) is 17.9 Å². The molecule has 4 heteroatoms. The Labute approximate surface area is 173 Å². The van der Waals surface area contributed by atoms with Crippen LogP contribution in [-0.2, 0) is 15.3 Å². The summed E-state index contributed by atoms with van der Waals surface area (Å²) in [6.07, 6.45) is 0. The van der Waals surface area contributed by atoms with E-state index in [4.69, 9.17) is 8.92 Å². The standard InChI is InChI=1S/C25H24O3S/c1-5-28-29(26)23-13-9-19-15-17(3)7-11-21(19)25(23)24-20-10-6-16(2)14-18(20)8-12-22(24)27-4/h6-15H,5H2,1-4H3. The van der Waals surface area contributed by atoms with Crippen LogP contribution in [0, 0.1) is 13.8 Å². The number of rotatable bonds is 5. The molecule has 0 fully saturated rings. The summed E-state index contributed by atoms with van der Waals surface area (Å²) >= 11 is -1.57. The molecular weight excluding hydrogens is 380 g/mol. The van der Waals surface area contributed by atoms with E-state index in [0.29, 0.717) is 11.5 Å². The van der Waals surface area contributed by atoms with E-state index in [-0.39, 0.29) is 0 Å². The van der Waals surface area contributed by atoms with Crippen LogP contribution >= 0.6 is 0 Å². The Hall–Kier alpha value is -2.69. The van der Waals surface area contributed by atoms with Crippen LogP contribution in [0.4, 0.5) is 0 Å². The van der Waals surface area contributed by atoms with Crippen molar-refractivity contribution in [3.05, 3.63) is 71.8 Å². The summed E-state index contributed by atoms with van der Waals surface area (Å²) in [5, 5.41) is 4.33. The summed E-state index contributed by atoms with van der Waals surface area (Å²) in [5.41, 5.74) is 4.23. The first kappa shape index (κ1) is 19.6. The van der Waals surface area contributed by atoms with Crippen LogP contribution in [0.3, 0.4) is 0 Å². The van der Waals surface area contributed by atoms with Gasteiger partial charge in [0, 0.05) is 11.1 Å². The van der Waals surface area contributed by atoms with E-state index in [0.717, 1.165) is 38.4 Å². The lowest BCUT2D eigenvalue weighted by Crippen LogP contribution is -2.02. The third-order valence-corrected chi connectivity index (χ3v) is 6.30. The second kappa shape index (κ2) is 7.97. The summed E-state index contributed by atoms with van der Waals surface area (Å²) in [7, 11) is 1.67. The SMILES string of the molecule is CCOS(=O)c1ccc2cc(C)ccc2c1-c1c(OC)ccc2cc(C)ccc12. The van der Waals surface area contributed by atoms with Gasteiger partial charge in [-0.3, -0.25) is 4.18 Å². The van der Waals surface area contributed by atoms with Crippen LogP contribution in [0.5, 0.6) is 5.75 Å². The van der Waals surface area contributed by atoms with E-state index in [1.165, 1.54) is 11.1 Å². The highest BCUT2D eigenvalue weighted by Gasteiger charge is 2.21. The van der Waals surface area contributed by atoms with E-state index in [2.05, 4.69) is 56.3 Å². The average molecular weight is 405 g/mol. The minimum atomic E-state index is -1.57. The molecule has 0 aliphatic carbocycles. The van der Waals surface area contributed by atoms with Gasteiger partial charge in [-0.2, -0.15) is 0 Å². The van der Waals surface area contributed by atoms with Gasteiger partial charge in [0.05, 0.1) is 18.6 Å². The summed E-state index contributed by atoms with van der Waals surface area (Å²) in [6, 6.07) is 20.7. The van der Waals surface area contributed by atoms with E-state index in [9.17, 15) is 4.21 Å². The molecule has 0 heterocycles. The van der Waals surface area contributed by atoms with Gasteiger partial charge in [0.1, 0.15) is 5.75 Å². The number of aryl methyl sites for hydroxylation is 2. The molecule has 0 bridgehead atoms. The molecule has 0 amide bonds. The Morgan fingerprint density at radius 3 is 1.97 bits per heavy atom. The summed E-state index contributed by atoms with van der Waals surface area (Å²) in [6.45, 7) is 6.39. The van der Waals surface area contributed by atoms with Crippen molar-refractivity contribution in [3.8, 4) is 16.9 Å². The third-order valence-electron chi connectivity index (χ3n) is 5.15. The topological polar surface area (TPSA) is 35.5 Å². The molecule has 0 N–H and O–H groups in total. The molecule has 4 aromatic carbocycles. The Balaban J connectivity index is 2.17. The van der Waals surface area contributed by atoms with Gasteiger partial charge in [-0.05, 0) is 54.4 Å². The maximum Gasteiger partial charge on any atom is 0.189 e. The van der Waals surface area contributed by atoms with Crippen LogP contribution in [0.1, 0.15) is 18.1 Å². The number of benzene rings is 4. The molecule has 0 aliphatic rings. The third kappa shape index (κ3) is 3.54. The fourth-order valence-electron chi connectivity index (χ4n) is 3.85. The highest BCUT2D eigenvalue weighted by atomic mass is 32.2. The average Bonchev–Trinajstić information content (AvgIpc) is 2.72. The number of hydrogen-bond donors (Lipinski definition) is 0. The zero-order valence-electron chi connectivity index (χ0n) is 17.1. The molecule has 4 aromatic rings. The Bertz CT molecular complexity index is 1240. The van der Waals surface area contributed by atoms with Crippen molar-refractivity contribution in [2.75, 3.05) is 13.7 Å². The fraction of sp³-hybridized carbons (Fsp3) is 0.200. The highest BCUT2D eigenvalue weighted by Crippen LogP contribution is 2.43. The van der Waals surface area contributed by atoms with Crippen molar-refractivity contribution < 1.29 is 13.1 Å². The van der Waals surface area contributed by atoms with Crippen LogP contribution in [0.15, 0.2) is 65.6 Å². The molecule has 148 valence electrons. The van der Waals surface area contributed by atoms with Crippen molar-refractivity contribution in [2.45, 2.75) is 25.7 Å². The number of hydrogen-bond acceptors (Lipinski definition) is 3. The monoisotopic (exact) mass is 404 g/mol. The van der Waals surface area contributed by atoms with Gasteiger partial charge in [-0.1, -0.05) is 59.7 Å². The van der Waals surface area contributed by atoms with Gasteiger partial charge in [-0.15, -0.1) is 0 Å². The van der Waals surface area contributed by atoms with Gasteiger partial charge >= 0.3 is 0 Å². The Morgan fingerprint density at radius 1 is 0.793 bits per heavy atom. The molecule has 0 spiro atoms. The summed E-state index contributed by atoms with van der Waals surface area (Å²) in [4.78, 5) is 0.662. The number of methoxy groups -OCH3 is 1. The van der Waals surface area contributed by atoms with Gasteiger partial charge in [-0.25, -0.2) is 4.21 Å². The second-order valence-corrected chi connectivity index (χ2v) is 8.32. The lowest BCUT2D eigenvalue weighted by atomic mass is 9.92. The number of ether oxygens (including phenoxy) is 1. The Morgan fingerprint density at radius 2 is 1.38 bits per heavy atom. The molecule has 1 unspecified atom stereocenters. The van der Waals surface area contributed by atoms with E-state index >= 15 is 0 Å². The first-order chi connectivity index (χ1) is 14.0. The van der Waals surface area contributed by atoms with E-state index in [1.54, 1.807) is 7.11 Å². The molecule has 4 rings (SSSR count). The van der Waals surface area contributed by atoms with Crippen molar-refractivity contribution in [1.82, 2.24) is 0 Å². The zero-order valence-corrected chi connectivity index (χ0v) is 17.9. The maximum absolute atomic E-state index is 13.0. The first-order valence-corrected chi connectivity index (χ1v) is 10.8. The van der Waals surface area contributed by atoms with Gasteiger partial charge in [0.25, 0.3) is 0 Å². The molecule has 0 radical (unpaired) electrons. The van der Waals surface area contributed by atoms with Crippen molar-refractivity contribution in [1.29, 1.82) is 0 Å². The molecule has 0 aromatic heterocycles. The quantitative estimate of drug-likeness (QED) is 0.389. The van der Waals surface area contributed by atoms with Crippen molar-refractivity contribution >= 4 is 32.6 Å². The molecule has 3 nitrogen and oxygen atoms in total. The lowest BCUT2D eigenvalue weighted by molar-refractivity contribution is 0.372. The molecule has 0 saturated carbocycles. The molecule has 1 atom stereocenters. The highest BCUT2D eigenvalue weighted by molar-refractivity contribution is 7.80. The minimum Gasteiger partial charge on any atom is -0.496 e. The van der Waals surface area contributed by atoms with E-state index < -0.39 is 11.1 Å². The fourth-order valence-corrected chi connectivity index (χ4v) is 4.75. The molecule has 29 heavy (non-hydrogen) atoms. The van der Waals surface area contributed by atoms with Crippen molar-refractivity contribution in [3.63, 3.8) is 0 Å². The van der Waals surface area contributed by atoms with Gasteiger partial charge in [0.2, 0.25) is 0 Å².